The van der Waals surface area contributed by atoms with Gasteiger partial charge in [0.25, 0.3) is 0 Å². The average molecular weight is 153 g/mol. The zero-order chi connectivity index (χ0) is 9.11. The highest BCUT2D eigenvalue weighted by atomic mass is 14.6. The molecule has 0 saturated heterocycles. The van der Waals surface area contributed by atoms with Crippen LogP contribution in [-0.4, -0.2) is 13.3 Å². The van der Waals surface area contributed by atoms with Crippen LogP contribution in [0.4, 0.5) is 0 Å². The molecule has 0 unspecified atom stereocenters. The summed E-state index contributed by atoms with van der Waals surface area (Å²) in [6.07, 6.45) is 7.81. The molecule has 0 heterocycles. The summed E-state index contributed by atoms with van der Waals surface area (Å²) >= 11 is 0. The molecule has 0 aliphatic carbocycles. The van der Waals surface area contributed by atoms with Crippen molar-refractivity contribution in [2.24, 2.45) is 4.99 Å². The van der Waals surface area contributed by atoms with Crippen LogP contribution < -0.4 is 0 Å². The molecular weight excluding hydrogens is 134 g/mol. The van der Waals surface area contributed by atoms with Gasteiger partial charge in [-0.05, 0) is 25.5 Å². The monoisotopic (exact) mass is 153 g/mol. The molecule has 0 aromatic rings. The first-order chi connectivity index (χ1) is 5.31. The SMILES string of the molecule is C/C=C/C(C)=C/C=NC.CC. The van der Waals surface area contributed by atoms with Gasteiger partial charge < -0.3 is 0 Å². The molecule has 0 bridgehead atoms. The topological polar surface area (TPSA) is 12.4 Å². The number of allylic oxidation sites excluding steroid dienone is 4. The van der Waals surface area contributed by atoms with Crippen LogP contribution in [0.2, 0.25) is 0 Å². The van der Waals surface area contributed by atoms with E-state index < -0.39 is 0 Å². The van der Waals surface area contributed by atoms with Crippen molar-refractivity contribution in [2.75, 3.05) is 7.05 Å². The van der Waals surface area contributed by atoms with Gasteiger partial charge in [-0.2, -0.15) is 0 Å². The summed E-state index contributed by atoms with van der Waals surface area (Å²) in [6, 6.07) is 0. The Balaban J connectivity index is 0. The molecule has 0 aromatic heterocycles. The summed E-state index contributed by atoms with van der Waals surface area (Å²) in [5, 5.41) is 0. The molecule has 0 radical (unpaired) electrons. The van der Waals surface area contributed by atoms with Crippen LogP contribution in [0, 0.1) is 0 Å². The first-order valence-electron chi connectivity index (χ1n) is 4.03. The largest absolute Gasteiger partial charge is 0.297 e. The van der Waals surface area contributed by atoms with E-state index in [0.717, 1.165) is 0 Å². The van der Waals surface area contributed by atoms with E-state index in [1.54, 1.807) is 13.3 Å². The van der Waals surface area contributed by atoms with Crippen molar-refractivity contribution in [3.8, 4) is 0 Å². The first-order valence-corrected chi connectivity index (χ1v) is 4.03. The fourth-order valence-corrected chi connectivity index (χ4v) is 0.511. The third-order valence-corrected chi connectivity index (χ3v) is 0.916. The van der Waals surface area contributed by atoms with Crippen molar-refractivity contribution in [3.63, 3.8) is 0 Å². The minimum absolute atomic E-state index is 1.23. The van der Waals surface area contributed by atoms with Gasteiger partial charge in [-0.15, -0.1) is 0 Å². The molecule has 0 aromatic carbocycles. The zero-order valence-electron chi connectivity index (χ0n) is 8.26. The Morgan fingerprint density at radius 3 is 2.18 bits per heavy atom. The molecule has 0 rings (SSSR count). The maximum Gasteiger partial charge on any atom is 0.0277 e. The van der Waals surface area contributed by atoms with Crippen molar-refractivity contribution in [3.05, 3.63) is 23.8 Å². The van der Waals surface area contributed by atoms with Crippen molar-refractivity contribution >= 4 is 6.21 Å². The Morgan fingerprint density at radius 1 is 1.27 bits per heavy atom. The van der Waals surface area contributed by atoms with Crippen molar-refractivity contribution in [1.29, 1.82) is 0 Å². The molecule has 1 nitrogen and oxygen atoms in total. The van der Waals surface area contributed by atoms with E-state index in [4.69, 9.17) is 0 Å². The van der Waals surface area contributed by atoms with E-state index in [0.29, 0.717) is 0 Å². The van der Waals surface area contributed by atoms with Crippen LogP contribution in [-0.2, 0) is 0 Å². The van der Waals surface area contributed by atoms with Crippen molar-refractivity contribution < 1.29 is 0 Å². The smallest absolute Gasteiger partial charge is 0.0277 e. The van der Waals surface area contributed by atoms with Gasteiger partial charge in [0.2, 0.25) is 0 Å². The molecule has 11 heavy (non-hydrogen) atoms. The summed E-state index contributed by atoms with van der Waals surface area (Å²) in [5.41, 5.74) is 1.23. The predicted octanol–water partition coefficient (Wildman–Crippen LogP) is 3.24. The van der Waals surface area contributed by atoms with Crippen LogP contribution >= 0.6 is 0 Å². The van der Waals surface area contributed by atoms with Crippen LogP contribution in [0.3, 0.4) is 0 Å². The first kappa shape index (κ1) is 12.8. The lowest BCUT2D eigenvalue weighted by molar-refractivity contribution is 1.46. The summed E-state index contributed by atoms with van der Waals surface area (Å²) in [4.78, 5) is 3.82. The summed E-state index contributed by atoms with van der Waals surface area (Å²) in [6.45, 7) is 8.04. The highest BCUT2D eigenvalue weighted by Crippen LogP contribution is 1.91. The maximum atomic E-state index is 3.82. The second kappa shape index (κ2) is 11.9. The van der Waals surface area contributed by atoms with Gasteiger partial charge >= 0.3 is 0 Å². The molecule has 0 aliphatic heterocycles. The Kier molecular flexibility index (Phi) is 13.8. The Labute approximate surface area is 70.5 Å². The standard InChI is InChI=1S/C8H13N.C2H6/c1-4-5-8(2)6-7-9-3;1-2/h4-7H,1-3H3;1-2H3/b5-4+,8-6+,9-7?;. The lowest BCUT2D eigenvalue weighted by Gasteiger charge is -1.83. The minimum Gasteiger partial charge on any atom is -0.297 e. The van der Waals surface area contributed by atoms with Gasteiger partial charge in [0.05, 0.1) is 0 Å². The van der Waals surface area contributed by atoms with Crippen molar-refractivity contribution in [1.82, 2.24) is 0 Å². The minimum atomic E-state index is 1.23. The van der Waals surface area contributed by atoms with Gasteiger partial charge in [0.15, 0.2) is 0 Å². The Bertz CT molecular complexity index is 141. The fourth-order valence-electron chi connectivity index (χ4n) is 0.511. The lowest BCUT2D eigenvalue weighted by atomic mass is 10.3. The van der Waals surface area contributed by atoms with E-state index >= 15 is 0 Å². The number of rotatable bonds is 2. The molecule has 0 amide bonds. The summed E-state index contributed by atoms with van der Waals surface area (Å²) < 4.78 is 0. The molecule has 0 fully saturated rings. The van der Waals surface area contributed by atoms with E-state index in [2.05, 4.69) is 4.99 Å². The van der Waals surface area contributed by atoms with Gasteiger partial charge in [-0.3, -0.25) is 4.99 Å². The van der Waals surface area contributed by atoms with Crippen LogP contribution in [0.15, 0.2) is 28.8 Å². The molecule has 0 N–H and O–H groups in total. The van der Waals surface area contributed by atoms with E-state index in [9.17, 15) is 0 Å². The number of aliphatic imine (C=N–C) groups is 1. The van der Waals surface area contributed by atoms with E-state index in [-0.39, 0.29) is 0 Å². The Morgan fingerprint density at radius 2 is 1.82 bits per heavy atom. The van der Waals surface area contributed by atoms with Crippen LogP contribution in [0.25, 0.3) is 0 Å². The summed E-state index contributed by atoms with van der Waals surface area (Å²) in [7, 11) is 1.76. The molecule has 0 spiro atoms. The Hall–Kier alpha value is -0.850. The highest BCUT2D eigenvalue weighted by molar-refractivity contribution is 5.72. The third kappa shape index (κ3) is 12.4. The van der Waals surface area contributed by atoms with E-state index in [1.165, 1.54) is 5.57 Å². The highest BCUT2D eigenvalue weighted by Gasteiger charge is 1.73. The van der Waals surface area contributed by atoms with Gasteiger partial charge in [-0.1, -0.05) is 26.0 Å². The van der Waals surface area contributed by atoms with Crippen LogP contribution in [0.5, 0.6) is 0 Å². The normalized spacial score (nSPS) is 11.9. The molecular formula is C10H19N. The molecule has 0 aliphatic rings. The van der Waals surface area contributed by atoms with Gasteiger partial charge in [0, 0.05) is 13.3 Å². The third-order valence-electron chi connectivity index (χ3n) is 0.916. The van der Waals surface area contributed by atoms with Crippen molar-refractivity contribution in [2.45, 2.75) is 27.7 Å². The second-order valence-electron chi connectivity index (χ2n) is 1.82. The fraction of sp³-hybridized carbons (Fsp3) is 0.500. The predicted molar refractivity (Wildman–Crippen MR) is 54.3 cm³/mol. The number of hydrogen-bond donors (Lipinski definition) is 0. The molecule has 0 atom stereocenters. The second-order valence-corrected chi connectivity index (χ2v) is 1.82. The lowest BCUT2D eigenvalue weighted by Crippen LogP contribution is -1.68. The van der Waals surface area contributed by atoms with Gasteiger partial charge in [0.1, 0.15) is 0 Å². The maximum absolute atomic E-state index is 3.82. The van der Waals surface area contributed by atoms with Crippen LogP contribution in [0.1, 0.15) is 27.7 Å². The summed E-state index contributed by atoms with van der Waals surface area (Å²) in [5.74, 6) is 0. The number of nitrogens with zero attached hydrogens (tertiary/aromatic N) is 1. The number of hydrogen-bond acceptors (Lipinski definition) is 1. The molecule has 0 saturated carbocycles. The van der Waals surface area contributed by atoms with E-state index in [1.807, 2.05) is 45.9 Å². The molecule has 64 valence electrons. The zero-order valence-corrected chi connectivity index (χ0v) is 8.26. The van der Waals surface area contributed by atoms with Gasteiger partial charge in [-0.25, -0.2) is 0 Å². The average Bonchev–Trinajstić information content (AvgIpc) is 2.05. The quantitative estimate of drug-likeness (QED) is 0.426. The molecule has 1 heteroatoms.